The molecule has 0 aromatic heterocycles. The molecule has 0 saturated heterocycles. The van der Waals surface area contributed by atoms with Gasteiger partial charge in [-0.1, -0.05) is 0 Å². The molecule has 75 valence electrons. The molecule has 0 heterocycles. The van der Waals surface area contributed by atoms with Crippen LogP contribution in [0.4, 0.5) is 0 Å². The van der Waals surface area contributed by atoms with E-state index in [-0.39, 0.29) is 74.2 Å². The summed E-state index contributed by atoms with van der Waals surface area (Å²) in [5.41, 5.74) is 0. The second kappa shape index (κ2) is 11.9. The third-order valence-electron chi connectivity index (χ3n) is 0. The third kappa shape index (κ3) is 559. The third-order valence-corrected chi connectivity index (χ3v) is 0. The van der Waals surface area contributed by atoms with Gasteiger partial charge in [-0.15, -0.1) is 0 Å². The Labute approximate surface area is 128 Å². The zero-order valence-corrected chi connectivity index (χ0v) is 12.0. The number of rotatable bonds is 0. The first-order chi connectivity index (χ1) is 4.00. The molecule has 0 rings (SSSR count). The van der Waals surface area contributed by atoms with Gasteiger partial charge >= 0.3 is 68.7 Å². The molecule has 0 spiro atoms. The predicted molar refractivity (Wildman–Crippen MR) is 24.6 cm³/mol. The SMILES string of the molecule is O.O=S(=O)([O-])[O-].O=S(=O)([O-])[O-].[Cr+3].[K+]. The predicted octanol–water partition coefficient (Wildman–Crippen LogP) is -6.50. The summed E-state index contributed by atoms with van der Waals surface area (Å²) in [5, 5.41) is 0. The molecule has 0 fully saturated rings. The summed E-state index contributed by atoms with van der Waals surface area (Å²) in [6.07, 6.45) is 0. The maximum Gasteiger partial charge on any atom is 3.00 e. The van der Waals surface area contributed by atoms with E-state index in [2.05, 4.69) is 0 Å². The second-order valence-corrected chi connectivity index (χ2v) is 2.45. The average molecular weight is 301 g/mol. The average Bonchev–Trinajstić information content (AvgIpc) is 1.12. The van der Waals surface area contributed by atoms with Crippen molar-refractivity contribution in [1.82, 2.24) is 0 Å². The van der Waals surface area contributed by atoms with Gasteiger partial charge in [0.2, 0.25) is 0 Å². The molecule has 0 aromatic carbocycles. The fourth-order valence-electron chi connectivity index (χ4n) is 0. The number of hydrogen-bond acceptors (Lipinski definition) is 8. The van der Waals surface area contributed by atoms with Gasteiger partial charge in [0.25, 0.3) is 0 Å². The first-order valence-electron chi connectivity index (χ1n) is 1.33. The van der Waals surface area contributed by atoms with Crippen molar-refractivity contribution < 1.29 is 109 Å². The van der Waals surface area contributed by atoms with Crippen LogP contribution in [0.15, 0.2) is 0 Å². The topological polar surface area (TPSA) is 192 Å². The normalized spacial score (nSPS) is 8.92. The molecular weight excluding hydrogens is 299 g/mol. The van der Waals surface area contributed by atoms with Gasteiger partial charge in [0.1, 0.15) is 0 Å². The molecule has 0 aromatic rings. The van der Waals surface area contributed by atoms with Crippen molar-refractivity contribution in [2.24, 2.45) is 0 Å². The van der Waals surface area contributed by atoms with Crippen LogP contribution in [0.2, 0.25) is 0 Å². The zero-order chi connectivity index (χ0) is 9.00. The molecule has 0 aliphatic carbocycles. The Bertz CT molecular complexity index is 214. The largest absolute Gasteiger partial charge is 3.00 e. The fourth-order valence-corrected chi connectivity index (χ4v) is 0. The molecule has 0 bridgehead atoms. The van der Waals surface area contributed by atoms with Gasteiger partial charge in [-0.25, -0.2) is 0 Å². The summed E-state index contributed by atoms with van der Waals surface area (Å²) in [6.45, 7) is 0. The van der Waals surface area contributed by atoms with Crippen LogP contribution in [0.1, 0.15) is 0 Å². The summed E-state index contributed by atoms with van der Waals surface area (Å²) in [7, 11) is -10.3. The van der Waals surface area contributed by atoms with Crippen molar-refractivity contribution in [2.75, 3.05) is 0 Å². The van der Waals surface area contributed by atoms with E-state index in [1.54, 1.807) is 0 Å². The smallest absolute Gasteiger partial charge is 0.759 e. The molecular formula is H2CrKO9S2. The Morgan fingerprint density at radius 2 is 0.692 bits per heavy atom. The van der Waals surface area contributed by atoms with E-state index in [4.69, 9.17) is 35.0 Å². The van der Waals surface area contributed by atoms with E-state index < -0.39 is 20.8 Å². The summed E-state index contributed by atoms with van der Waals surface area (Å²) in [4.78, 5) is 0. The minimum Gasteiger partial charge on any atom is -0.759 e. The minimum absolute atomic E-state index is 0. The maximum atomic E-state index is 8.52. The van der Waals surface area contributed by atoms with E-state index in [9.17, 15) is 0 Å². The van der Waals surface area contributed by atoms with Crippen LogP contribution in [0.3, 0.4) is 0 Å². The van der Waals surface area contributed by atoms with Crippen molar-refractivity contribution in [2.45, 2.75) is 0 Å². The number of hydrogen-bond donors (Lipinski definition) is 0. The standard InChI is InChI=1S/Cr.K.2H2O4S.H2O/c;;2*1-5(2,3)4;/h;;2*(H2,1,2,3,4);1H2/q+3;+1;;;/p-4. The molecule has 13 heavy (non-hydrogen) atoms. The van der Waals surface area contributed by atoms with Gasteiger partial charge in [-0.05, 0) is 0 Å². The Hall–Kier alpha value is 1.87. The maximum absolute atomic E-state index is 8.52. The molecule has 0 saturated carbocycles. The quantitative estimate of drug-likeness (QED) is 0.239. The van der Waals surface area contributed by atoms with Crippen molar-refractivity contribution in [3.05, 3.63) is 0 Å². The molecule has 9 nitrogen and oxygen atoms in total. The van der Waals surface area contributed by atoms with Crippen LogP contribution < -0.4 is 51.4 Å². The van der Waals surface area contributed by atoms with Crippen LogP contribution >= 0.6 is 0 Å². The summed E-state index contributed by atoms with van der Waals surface area (Å²) < 4.78 is 68.2. The van der Waals surface area contributed by atoms with Crippen LogP contribution in [0.25, 0.3) is 0 Å². The molecule has 0 aliphatic heterocycles. The van der Waals surface area contributed by atoms with Gasteiger partial charge in [0.15, 0.2) is 0 Å². The summed E-state index contributed by atoms with van der Waals surface area (Å²) >= 11 is 0. The van der Waals surface area contributed by atoms with Gasteiger partial charge < -0.3 is 23.7 Å². The molecule has 1 radical (unpaired) electrons. The Morgan fingerprint density at radius 3 is 0.692 bits per heavy atom. The Kier molecular flexibility index (Phi) is 27.0. The van der Waals surface area contributed by atoms with Gasteiger partial charge in [-0.2, -0.15) is 0 Å². The zero-order valence-electron chi connectivity index (χ0n) is 5.99. The molecule has 0 aliphatic rings. The van der Waals surface area contributed by atoms with Crippen molar-refractivity contribution >= 4 is 20.8 Å². The Morgan fingerprint density at radius 1 is 0.692 bits per heavy atom. The first kappa shape index (κ1) is 29.4. The van der Waals surface area contributed by atoms with E-state index in [0.29, 0.717) is 0 Å². The summed E-state index contributed by atoms with van der Waals surface area (Å²) in [5.74, 6) is 0. The van der Waals surface area contributed by atoms with Crippen molar-refractivity contribution in [3.8, 4) is 0 Å². The summed E-state index contributed by atoms with van der Waals surface area (Å²) in [6, 6.07) is 0. The van der Waals surface area contributed by atoms with Crippen molar-refractivity contribution in [1.29, 1.82) is 0 Å². The fraction of sp³-hybridized carbons (Fsp3) is 0. The monoisotopic (exact) mass is 301 g/mol. The van der Waals surface area contributed by atoms with Crippen LogP contribution in [0.5, 0.6) is 0 Å². The van der Waals surface area contributed by atoms with Gasteiger partial charge in [0, 0.05) is 20.8 Å². The van der Waals surface area contributed by atoms with E-state index in [1.165, 1.54) is 0 Å². The van der Waals surface area contributed by atoms with Crippen LogP contribution in [-0.4, -0.2) is 40.5 Å². The van der Waals surface area contributed by atoms with E-state index in [1.807, 2.05) is 0 Å². The minimum atomic E-state index is -5.17. The van der Waals surface area contributed by atoms with Gasteiger partial charge in [-0.3, -0.25) is 16.8 Å². The molecule has 0 amide bonds. The molecule has 0 atom stereocenters. The first-order valence-corrected chi connectivity index (χ1v) is 4.00. The second-order valence-electron chi connectivity index (χ2n) is 0.816. The molecule has 2 N–H and O–H groups in total. The van der Waals surface area contributed by atoms with Crippen LogP contribution in [-0.2, 0) is 38.2 Å². The van der Waals surface area contributed by atoms with Crippen molar-refractivity contribution in [3.63, 3.8) is 0 Å². The van der Waals surface area contributed by atoms with E-state index in [0.717, 1.165) is 0 Å². The van der Waals surface area contributed by atoms with E-state index >= 15 is 0 Å². The van der Waals surface area contributed by atoms with Crippen LogP contribution in [0, 0.1) is 0 Å². The molecule has 13 heteroatoms. The molecule has 0 unspecified atom stereocenters. The van der Waals surface area contributed by atoms with Gasteiger partial charge in [0.05, 0.1) is 0 Å². The Balaban J connectivity index is -0.0000000267.